The smallest absolute Gasteiger partial charge is 0.263 e. The van der Waals surface area contributed by atoms with E-state index >= 15 is 0 Å². The Balaban J connectivity index is 1.42. The lowest BCUT2D eigenvalue weighted by Crippen LogP contribution is -2.41. The first-order valence-corrected chi connectivity index (χ1v) is 9.39. The van der Waals surface area contributed by atoms with Gasteiger partial charge in [0.1, 0.15) is 5.82 Å². The lowest BCUT2D eigenvalue weighted by Gasteiger charge is -2.30. The molecule has 0 bridgehead atoms. The fourth-order valence-corrected chi connectivity index (χ4v) is 4.56. The van der Waals surface area contributed by atoms with Gasteiger partial charge in [0.05, 0.1) is 6.04 Å². The number of nitrogens with one attached hydrogen (secondary N) is 1. The molecule has 134 valence electrons. The Hall–Kier alpha value is -0.740. The molecule has 0 spiro atoms. The van der Waals surface area contributed by atoms with E-state index in [1.54, 1.807) is 6.07 Å². The van der Waals surface area contributed by atoms with Crippen LogP contribution in [-0.2, 0) is 0 Å². The summed E-state index contributed by atoms with van der Waals surface area (Å²) < 4.78 is 40.3. The maximum atomic E-state index is 13.6. The second-order valence-corrected chi connectivity index (χ2v) is 7.74. The molecule has 5 heteroatoms. The lowest BCUT2D eigenvalue weighted by atomic mass is 9.77. The van der Waals surface area contributed by atoms with E-state index in [-0.39, 0.29) is 12.2 Å². The molecule has 1 unspecified atom stereocenters. The van der Waals surface area contributed by atoms with Gasteiger partial charge in [0.15, 0.2) is 0 Å². The molecule has 1 aromatic rings. The van der Waals surface area contributed by atoms with Gasteiger partial charge in [-0.3, -0.25) is 0 Å². The molecule has 1 nitrogen and oxygen atoms in total. The molecular weight excluding hydrogens is 335 g/mol. The predicted octanol–water partition coefficient (Wildman–Crippen LogP) is 5.92. The van der Waals surface area contributed by atoms with Gasteiger partial charge in [-0.25, -0.2) is 13.2 Å². The summed E-state index contributed by atoms with van der Waals surface area (Å²) >= 11 is 6.16. The normalized spacial score (nSPS) is 29.8. The Morgan fingerprint density at radius 1 is 1.12 bits per heavy atom. The predicted molar refractivity (Wildman–Crippen MR) is 91.3 cm³/mol. The van der Waals surface area contributed by atoms with E-state index < -0.39 is 12.0 Å². The van der Waals surface area contributed by atoms with E-state index in [9.17, 15) is 13.2 Å². The van der Waals surface area contributed by atoms with Gasteiger partial charge in [-0.05, 0) is 81.0 Å². The van der Waals surface area contributed by atoms with Crippen molar-refractivity contribution < 1.29 is 13.2 Å². The fourth-order valence-electron chi connectivity index (χ4n) is 4.24. The lowest BCUT2D eigenvalue weighted by molar-refractivity contribution is -0.0181. The van der Waals surface area contributed by atoms with Crippen LogP contribution in [-0.4, -0.2) is 18.5 Å². The van der Waals surface area contributed by atoms with Crippen molar-refractivity contribution in [1.82, 2.24) is 5.32 Å². The van der Waals surface area contributed by atoms with Gasteiger partial charge in [-0.1, -0.05) is 17.7 Å². The zero-order valence-electron chi connectivity index (χ0n) is 13.8. The molecule has 2 aliphatic rings. The molecule has 3 rings (SSSR count). The molecule has 1 atom stereocenters. The molecule has 1 aromatic carbocycles. The molecular formula is C19H25ClF3N. The van der Waals surface area contributed by atoms with E-state index in [1.807, 2.05) is 0 Å². The van der Waals surface area contributed by atoms with Crippen LogP contribution in [0.1, 0.15) is 62.8 Å². The largest absolute Gasteiger partial charge is 0.309 e. The van der Waals surface area contributed by atoms with Gasteiger partial charge in [-0.15, -0.1) is 0 Å². The van der Waals surface area contributed by atoms with Crippen molar-refractivity contribution in [1.29, 1.82) is 0 Å². The third-order valence-corrected chi connectivity index (χ3v) is 6.03. The quantitative estimate of drug-likeness (QED) is 0.688. The van der Waals surface area contributed by atoms with Crippen molar-refractivity contribution in [3.8, 4) is 0 Å². The average molecular weight is 360 g/mol. The maximum Gasteiger partial charge on any atom is 0.263 e. The van der Waals surface area contributed by atoms with Gasteiger partial charge in [-0.2, -0.15) is 0 Å². The summed E-state index contributed by atoms with van der Waals surface area (Å²) in [4.78, 5) is 0. The Morgan fingerprint density at radius 3 is 2.50 bits per heavy atom. The second-order valence-electron chi connectivity index (χ2n) is 7.33. The molecule has 2 aliphatic carbocycles. The number of rotatable bonds is 5. The number of alkyl halides is 2. The average Bonchev–Trinajstić information content (AvgIpc) is 2.87. The highest BCUT2D eigenvalue weighted by Gasteiger charge is 2.43. The fraction of sp³-hybridized carbons (Fsp3) is 0.684. The molecule has 0 heterocycles. The highest BCUT2D eigenvalue weighted by molar-refractivity contribution is 6.31. The Kier molecular flexibility index (Phi) is 5.76. The Bertz CT molecular complexity index is 556. The van der Waals surface area contributed by atoms with E-state index in [0.717, 1.165) is 37.7 Å². The molecule has 0 amide bonds. The third kappa shape index (κ3) is 4.26. The molecule has 2 fully saturated rings. The Labute approximate surface area is 147 Å². The third-order valence-electron chi connectivity index (χ3n) is 5.71. The molecule has 24 heavy (non-hydrogen) atoms. The molecule has 2 saturated carbocycles. The summed E-state index contributed by atoms with van der Waals surface area (Å²) in [6, 6.07) is 4.02. The number of hydrogen-bond donors (Lipinski definition) is 1. The van der Waals surface area contributed by atoms with Crippen LogP contribution in [0, 0.1) is 11.7 Å². The van der Waals surface area contributed by atoms with Crippen LogP contribution in [0.4, 0.5) is 13.2 Å². The first-order valence-electron chi connectivity index (χ1n) is 9.02. The first-order chi connectivity index (χ1) is 11.5. The highest BCUT2D eigenvalue weighted by Crippen LogP contribution is 2.40. The van der Waals surface area contributed by atoms with Crippen LogP contribution >= 0.6 is 11.6 Å². The van der Waals surface area contributed by atoms with Crippen LogP contribution < -0.4 is 5.32 Å². The van der Waals surface area contributed by atoms with Gasteiger partial charge in [0.2, 0.25) is 0 Å². The van der Waals surface area contributed by atoms with E-state index in [1.165, 1.54) is 12.1 Å². The van der Waals surface area contributed by atoms with Crippen molar-refractivity contribution in [3.05, 3.63) is 34.6 Å². The molecule has 0 saturated heterocycles. The van der Waals surface area contributed by atoms with Crippen LogP contribution in [0.2, 0.25) is 5.02 Å². The van der Waals surface area contributed by atoms with E-state index in [4.69, 9.17) is 11.6 Å². The SMILES string of the molecule is Fc1ccc(C2CCC(CCNC3CCCC3(F)F)CC2)c(Cl)c1. The minimum absolute atomic E-state index is 0.0220. The Morgan fingerprint density at radius 2 is 1.88 bits per heavy atom. The van der Waals surface area contributed by atoms with Crippen molar-refractivity contribution in [2.45, 2.75) is 69.2 Å². The summed E-state index contributed by atoms with van der Waals surface area (Å²) in [5.41, 5.74) is 1.04. The highest BCUT2D eigenvalue weighted by atomic mass is 35.5. The summed E-state index contributed by atoms with van der Waals surface area (Å²) in [6.45, 7) is 0.674. The zero-order valence-corrected chi connectivity index (χ0v) is 14.6. The number of halogens is 4. The summed E-state index contributed by atoms with van der Waals surface area (Å²) in [5, 5.41) is 3.58. The second kappa shape index (κ2) is 7.65. The minimum Gasteiger partial charge on any atom is -0.309 e. The standard InChI is InChI=1S/C19H25ClF3N/c20-17-12-15(21)7-8-16(17)14-5-3-13(4-6-14)9-11-24-18-2-1-10-19(18,22)23/h7-8,12-14,18,24H,1-6,9-11H2. The number of hydrogen-bond acceptors (Lipinski definition) is 1. The van der Waals surface area contributed by atoms with Crippen LogP contribution in [0.3, 0.4) is 0 Å². The van der Waals surface area contributed by atoms with Crippen molar-refractivity contribution in [2.24, 2.45) is 5.92 Å². The van der Waals surface area contributed by atoms with E-state index in [0.29, 0.717) is 36.2 Å². The molecule has 0 aromatic heterocycles. The maximum absolute atomic E-state index is 13.6. The van der Waals surface area contributed by atoms with E-state index in [2.05, 4.69) is 5.32 Å². The number of benzene rings is 1. The summed E-state index contributed by atoms with van der Waals surface area (Å²) in [7, 11) is 0. The first kappa shape index (κ1) is 18.1. The van der Waals surface area contributed by atoms with Gasteiger partial charge in [0, 0.05) is 11.4 Å². The zero-order chi connectivity index (χ0) is 17.2. The van der Waals surface area contributed by atoms with Crippen molar-refractivity contribution in [3.63, 3.8) is 0 Å². The van der Waals surface area contributed by atoms with Gasteiger partial charge in [0.25, 0.3) is 5.92 Å². The topological polar surface area (TPSA) is 12.0 Å². The van der Waals surface area contributed by atoms with Gasteiger partial charge >= 0.3 is 0 Å². The van der Waals surface area contributed by atoms with Crippen molar-refractivity contribution >= 4 is 11.6 Å². The summed E-state index contributed by atoms with van der Waals surface area (Å²) in [5.74, 6) is -1.85. The molecule has 1 N–H and O–H groups in total. The van der Waals surface area contributed by atoms with Crippen molar-refractivity contribution in [2.75, 3.05) is 6.54 Å². The summed E-state index contributed by atoms with van der Waals surface area (Å²) in [6.07, 6.45) is 6.43. The van der Waals surface area contributed by atoms with Crippen LogP contribution in [0.15, 0.2) is 18.2 Å². The van der Waals surface area contributed by atoms with Crippen LogP contribution in [0.25, 0.3) is 0 Å². The van der Waals surface area contributed by atoms with Gasteiger partial charge < -0.3 is 5.32 Å². The molecule has 0 aliphatic heterocycles. The van der Waals surface area contributed by atoms with Crippen LogP contribution in [0.5, 0.6) is 0 Å². The minimum atomic E-state index is -2.53. The monoisotopic (exact) mass is 359 g/mol. The molecule has 0 radical (unpaired) electrons.